The number of hydrogen-bond donors (Lipinski definition) is 1. The molecule has 0 radical (unpaired) electrons. The molecule has 0 amide bonds. The van der Waals surface area contributed by atoms with E-state index >= 15 is 0 Å². The number of hydrogen-bond acceptors (Lipinski definition) is 1. The lowest BCUT2D eigenvalue weighted by molar-refractivity contribution is 0.380. The van der Waals surface area contributed by atoms with E-state index in [-0.39, 0.29) is 5.41 Å². The zero-order chi connectivity index (χ0) is 8.48. The summed E-state index contributed by atoms with van der Waals surface area (Å²) in [6, 6.07) is 0. The van der Waals surface area contributed by atoms with Crippen molar-refractivity contribution in [2.24, 2.45) is 5.41 Å². The molecular formula is C10H16O. The predicted molar refractivity (Wildman–Crippen MR) is 47.5 cm³/mol. The molecular weight excluding hydrogens is 136 g/mol. The zero-order valence-corrected chi connectivity index (χ0v) is 7.52. The Kier molecular flexibility index (Phi) is 2.08. The van der Waals surface area contributed by atoms with E-state index in [1.807, 2.05) is 6.08 Å². The summed E-state index contributed by atoms with van der Waals surface area (Å²) < 4.78 is 0. The van der Waals surface area contributed by atoms with Crippen LogP contribution in [-0.4, -0.2) is 5.11 Å². The maximum atomic E-state index is 9.26. The fraction of sp³-hybridized carbons (Fsp3) is 0.600. The lowest BCUT2D eigenvalue weighted by Gasteiger charge is -2.23. The van der Waals surface area contributed by atoms with Crippen LogP contribution >= 0.6 is 0 Å². The van der Waals surface area contributed by atoms with Crippen LogP contribution in [0.3, 0.4) is 0 Å². The molecule has 0 fully saturated rings. The second kappa shape index (κ2) is 2.72. The van der Waals surface area contributed by atoms with Crippen molar-refractivity contribution in [1.29, 1.82) is 0 Å². The van der Waals surface area contributed by atoms with E-state index in [1.165, 1.54) is 5.57 Å². The highest BCUT2D eigenvalue weighted by atomic mass is 16.3. The molecule has 1 nitrogen and oxygen atoms in total. The number of rotatable bonds is 0. The summed E-state index contributed by atoms with van der Waals surface area (Å²) in [5, 5.41) is 9.26. The van der Waals surface area contributed by atoms with Crippen molar-refractivity contribution in [3.05, 3.63) is 23.5 Å². The van der Waals surface area contributed by atoms with Crippen molar-refractivity contribution < 1.29 is 5.11 Å². The van der Waals surface area contributed by atoms with Gasteiger partial charge in [-0.05, 0) is 23.5 Å². The SMILES string of the molecule is CC(C)(C)C1=CCCC(O)=C1. The Balaban J connectivity index is 2.82. The predicted octanol–water partition coefficient (Wildman–Crippen LogP) is 3.19. The lowest BCUT2D eigenvalue weighted by atomic mass is 9.83. The van der Waals surface area contributed by atoms with Crippen molar-refractivity contribution in [3.8, 4) is 0 Å². The second-order valence-electron chi connectivity index (χ2n) is 4.08. The molecule has 0 atom stereocenters. The highest BCUT2D eigenvalue weighted by Crippen LogP contribution is 2.30. The second-order valence-corrected chi connectivity index (χ2v) is 4.08. The number of allylic oxidation sites excluding steroid dienone is 4. The molecule has 1 rings (SSSR count). The highest BCUT2D eigenvalue weighted by molar-refractivity contribution is 5.29. The summed E-state index contributed by atoms with van der Waals surface area (Å²) in [6.07, 6.45) is 5.89. The van der Waals surface area contributed by atoms with Gasteiger partial charge in [-0.2, -0.15) is 0 Å². The minimum atomic E-state index is 0.175. The molecule has 0 bridgehead atoms. The van der Waals surface area contributed by atoms with Crippen molar-refractivity contribution in [1.82, 2.24) is 0 Å². The molecule has 11 heavy (non-hydrogen) atoms. The van der Waals surface area contributed by atoms with Gasteiger partial charge in [-0.15, -0.1) is 0 Å². The van der Waals surface area contributed by atoms with Gasteiger partial charge in [0, 0.05) is 6.42 Å². The highest BCUT2D eigenvalue weighted by Gasteiger charge is 2.17. The molecule has 1 aliphatic rings. The Morgan fingerprint density at radius 1 is 1.36 bits per heavy atom. The summed E-state index contributed by atoms with van der Waals surface area (Å²) in [7, 11) is 0. The van der Waals surface area contributed by atoms with Crippen LogP contribution in [0.1, 0.15) is 33.6 Å². The van der Waals surface area contributed by atoms with Crippen LogP contribution in [0.2, 0.25) is 0 Å². The molecule has 1 heteroatoms. The number of aliphatic hydroxyl groups is 1. The van der Waals surface area contributed by atoms with Crippen LogP contribution in [0.5, 0.6) is 0 Å². The standard InChI is InChI=1S/C10H16O/c1-10(2,3)8-5-4-6-9(11)7-8/h5,7,11H,4,6H2,1-3H3. The first-order valence-electron chi connectivity index (χ1n) is 4.10. The first-order valence-corrected chi connectivity index (χ1v) is 4.10. The van der Waals surface area contributed by atoms with Crippen LogP contribution in [-0.2, 0) is 0 Å². The van der Waals surface area contributed by atoms with Crippen LogP contribution < -0.4 is 0 Å². The number of aliphatic hydroxyl groups excluding tert-OH is 1. The van der Waals surface area contributed by atoms with Crippen molar-refractivity contribution in [2.75, 3.05) is 0 Å². The first kappa shape index (κ1) is 8.38. The lowest BCUT2D eigenvalue weighted by Crippen LogP contribution is -2.10. The molecule has 0 aromatic heterocycles. The maximum absolute atomic E-state index is 9.26. The largest absolute Gasteiger partial charge is 0.512 e. The molecule has 0 aliphatic heterocycles. The summed E-state index contributed by atoms with van der Waals surface area (Å²) in [4.78, 5) is 0. The van der Waals surface area contributed by atoms with Crippen LogP contribution in [0.15, 0.2) is 23.5 Å². The van der Waals surface area contributed by atoms with Gasteiger partial charge in [0.1, 0.15) is 0 Å². The Bertz CT molecular complexity index is 203. The van der Waals surface area contributed by atoms with E-state index in [2.05, 4.69) is 26.8 Å². The van der Waals surface area contributed by atoms with Gasteiger partial charge in [-0.3, -0.25) is 0 Å². The van der Waals surface area contributed by atoms with Gasteiger partial charge in [0.2, 0.25) is 0 Å². The van der Waals surface area contributed by atoms with E-state index in [1.54, 1.807) is 0 Å². The third kappa shape index (κ3) is 2.11. The fourth-order valence-corrected chi connectivity index (χ4v) is 1.21. The zero-order valence-electron chi connectivity index (χ0n) is 7.52. The first-order chi connectivity index (χ1) is 5.00. The van der Waals surface area contributed by atoms with Gasteiger partial charge < -0.3 is 5.11 Å². The van der Waals surface area contributed by atoms with E-state index in [4.69, 9.17) is 0 Å². The Labute approximate surface area is 68.4 Å². The van der Waals surface area contributed by atoms with E-state index < -0.39 is 0 Å². The van der Waals surface area contributed by atoms with Gasteiger partial charge in [0.05, 0.1) is 5.76 Å². The van der Waals surface area contributed by atoms with Crippen LogP contribution in [0, 0.1) is 5.41 Å². The topological polar surface area (TPSA) is 20.2 Å². The van der Waals surface area contributed by atoms with Crippen LogP contribution in [0.25, 0.3) is 0 Å². The summed E-state index contributed by atoms with van der Waals surface area (Å²) >= 11 is 0. The van der Waals surface area contributed by atoms with Gasteiger partial charge in [-0.25, -0.2) is 0 Å². The molecule has 0 aromatic rings. The minimum Gasteiger partial charge on any atom is -0.512 e. The summed E-state index contributed by atoms with van der Waals surface area (Å²) in [5.74, 6) is 0.525. The van der Waals surface area contributed by atoms with Crippen molar-refractivity contribution >= 4 is 0 Å². The maximum Gasteiger partial charge on any atom is 0.0928 e. The molecule has 62 valence electrons. The molecule has 0 unspecified atom stereocenters. The molecule has 1 N–H and O–H groups in total. The quantitative estimate of drug-likeness (QED) is 0.565. The molecule has 0 aromatic carbocycles. The molecule has 0 heterocycles. The fourth-order valence-electron chi connectivity index (χ4n) is 1.21. The monoisotopic (exact) mass is 152 g/mol. The normalized spacial score (nSPS) is 19.2. The Morgan fingerprint density at radius 3 is 2.36 bits per heavy atom. The van der Waals surface area contributed by atoms with Crippen molar-refractivity contribution in [2.45, 2.75) is 33.6 Å². The summed E-state index contributed by atoms with van der Waals surface area (Å²) in [5.41, 5.74) is 1.43. The van der Waals surface area contributed by atoms with E-state index in [0.29, 0.717) is 5.76 Å². The molecule has 0 saturated carbocycles. The Morgan fingerprint density at radius 2 is 2.00 bits per heavy atom. The smallest absolute Gasteiger partial charge is 0.0928 e. The van der Waals surface area contributed by atoms with Gasteiger partial charge in [0.15, 0.2) is 0 Å². The van der Waals surface area contributed by atoms with Crippen LogP contribution in [0.4, 0.5) is 0 Å². The third-order valence-corrected chi connectivity index (χ3v) is 1.95. The van der Waals surface area contributed by atoms with Crippen molar-refractivity contribution in [3.63, 3.8) is 0 Å². The van der Waals surface area contributed by atoms with E-state index in [9.17, 15) is 5.11 Å². The summed E-state index contributed by atoms with van der Waals surface area (Å²) in [6.45, 7) is 6.48. The van der Waals surface area contributed by atoms with Gasteiger partial charge in [-0.1, -0.05) is 26.8 Å². The van der Waals surface area contributed by atoms with E-state index in [0.717, 1.165) is 12.8 Å². The molecule has 0 saturated heterocycles. The average Bonchev–Trinajstić information content (AvgIpc) is 1.86. The van der Waals surface area contributed by atoms with Gasteiger partial charge in [0.25, 0.3) is 0 Å². The molecule has 0 spiro atoms. The van der Waals surface area contributed by atoms with Gasteiger partial charge >= 0.3 is 0 Å². The average molecular weight is 152 g/mol. The molecule has 1 aliphatic carbocycles. The third-order valence-electron chi connectivity index (χ3n) is 1.95. The minimum absolute atomic E-state index is 0.175. The Hall–Kier alpha value is -0.720.